The first-order valence-electron chi connectivity index (χ1n) is 9.26. The molecule has 2 N–H and O–H groups in total. The standard InChI is InChI=1S/C22H20ClN3OS/c23-20-8-4-5-17-18(20)6-3-7-19(17)21(27)25-22(28)24-15-9-11-16(12-10-15)26-13-1-2-14-26/h3-12H,1-2,13-14H2,(H2,24,25,27,28). The van der Waals surface area contributed by atoms with Crippen LogP contribution < -0.4 is 15.5 Å². The first-order chi connectivity index (χ1) is 13.6. The third kappa shape index (κ3) is 3.96. The highest BCUT2D eigenvalue weighted by atomic mass is 35.5. The molecule has 4 rings (SSSR count). The van der Waals surface area contributed by atoms with Crippen molar-refractivity contribution in [1.29, 1.82) is 0 Å². The zero-order valence-corrected chi connectivity index (χ0v) is 16.8. The number of thiocarbonyl (C=S) groups is 1. The average Bonchev–Trinajstić information content (AvgIpc) is 3.23. The maximum Gasteiger partial charge on any atom is 0.258 e. The minimum atomic E-state index is -0.265. The van der Waals surface area contributed by atoms with Crippen molar-refractivity contribution in [3.05, 3.63) is 71.2 Å². The van der Waals surface area contributed by atoms with Gasteiger partial charge in [-0.25, -0.2) is 0 Å². The number of amides is 1. The van der Waals surface area contributed by atoms with Gasteiger partial charge in [-0.1, -0.05) is 35.9 Å². The van der Waals surface area contributed by atoms with Crippen LogP contribution in [0.15, 0.2) is 60.7 Å². The van der Waals surface area contributed by atoms with Crippen LogP contribution in [0.4, 0.5) is 11.4 Å². The van der Waals surface area contributed by atoms with Crippen molar-refractivity contribution in [3.8, 4) is 0 Å². The predicted molar refractivity (Wildman–Crippen MR) is 121 cm³/mol. The van der Waals surface area contributed by atoms with Gasteiger partial charge in [0.2, 0.25) is 0 Å². The van der Waals surface area contributed by atoms with Crippen molar-refractivity contribution >= 4 is 57.0 Å². The third-order valence-corrected chi connectivity index (χ3v) is 5.47. The summed E-state index contributed by atoms with van der Waals surface area (Å²) in [5, 5.41) is 8.34. The highest BCUT2D eigenvalue weighted by Gasteiger charge is 2.14. The van der Waals surface area contributed by atoms with E-state index in [9.17, 15) is 4.79 Å². The van der Waals surface area contributed by atoms with E-state index in [1.165, 1.54) is 18.5 Å². The lowest BCUT2D eigenvalue weighted by Crippen LogP contribution is -2.34. The molecule has 1 aliphatic rings. The SMILES string of the molecule is O=C(NC(=S)Nc1ccc(N2CCCC2)cc1)c1cccc2c(Cl)cccc12. The lowest BCUT2D eigenvalue weighted by molar-refractivity contribution is 0.0979. The van der Waals surface area contributed by atoms with E-state index < -0.39 is 0 Å². The number of halogens is 1. The molecular weight excluding hydrogens is 390 g/mol. The fourth-order valence-electron chi connectivity index (χ4n) is 3.53. The number of rotatable bonds is 3. The molecule has 0 bridgehead atoms. The summed E-state index contributed by atoms with van der Waals surface area (Å²) in [6, 6.07) is 19.1. The Morgan fingerprint density at radius 3 is 2.36 bits per heavy atom. The fourth-order valence-corrected chi connectivity index (χ4v) is 3.98. The van der Waals surface area contributed by atoms with Crippen molar-refractivity contribution in [1.82, 2.24) is 5.32 Å². The molecule has 3 aromatic rings. The molecule has 1 saturated heterocycles. The second-order valence-electron chi connectivity index (χ2n) is 6.79. The monoisotopic (exact) mass is 409 g/mol. The second kappa shape index (κ2) is 8.17. The Labute approximate surface area is 174 Å². The van der Waals surface area contributed by atoms with Crippen molar-refractivity contribution in [2.45, 2.75) is 12.8 Å². The molecule has 0 aromatic heterocycles. The first kappa shape index (κ1) is 18.7. The van der Waals surface area contributed by atoms with E-state index >= 15 is 0 Å². The van der Waals surface area contributed by atoms with E-state index in [4.69, 9.17) is 23.8 Å². The van der Waals surface area contributed by atoms with E-state index in [2.05, 4.69) is 27.7 Å². The number of nitrogens with zero attached hydrogens (tertiary/aromatic N) is 1. The zero-order chi connectivity index (χ0) is 19.5. The third-order valence-electron chi connectivity index (χ3n) is 4.94. The number of benzene rings is 3. The Balaban J connectivity index is 1.44. The van der Waals surface area contributed by atoms with Gasteiger partial charge in [-0.3, -0.25) is 10.1 Å². The molecule has 6 heteroatoms. The number of hydrogen-bond acceptors (Lipinski definition) is 3. The maximum atomic E-state index is 12.7. The number of hydrogen-bond donors (Lipinski definition) is 2. The topological polar surface area (TPSA) is 44.4 Å². The molecule has 4 nitrogen and oxygen atoms in total. The molecule has 1 fully saturated rings. The van der Waals surface area contributed by atoms with Gasteiger partial charge in [-0.05, 0) is 66.8 Å². The van der Waals surface area contributed by atoms with Crippen LogP contribution >= 0.6 is 23.8 Å². The molecule has 1 heterocycles. The Morgan fingerprint density at radius 1 is 0.929 bits per heavy atom. The van der Waals surface area contributed by atoms with Gasteiger partial charge in [0, 0.05) is 40.4 Å². The molecule has 0 saturated carbocycles. The molecule has 0 spiro atoms. The van der Waals surface area contributed by atoms with Gasteiger partial charge in [0.05, 0.1) is 0 Å². The molecular formula is C22H20ClN3OS. The number of carbonyl (C=O) groups excluding carboxylic acids is 1. The van der Waals surface area contributed by atoms with Crippen LogP contribution in [-0.2, 0) is 0 Å². The van der Waals surface area contributed by atoms with Gasteiger partial charge >= 0.3 is 0 Å². The van der Waals surface area contributed by atoms with Gasteiger partial charge in [-0.2, -0.15) is 0 Å². The Kier molecular flexibility index (Phi) is 5.46. The van der Waals surface area contributed by atoms with Crippen molar-refractivity contribution in [2.75, 3.05) is 23.3 Å². The molecule has 3 aromatic carbocycles. The summed E-state index contributed by atoms with van der Waals surface area (Å²) in [5.74, 6) is -0.265. The van der Waals surface area contributed by atoms with E-state index in [0.717, 1.165) is 29.5 Å². The van der Waals surface area contributed by atoms with Gasteiger partial charge in [-0.15, -0.1) is 0 Å². The van der Waals surface area contributed by atoms with Crippen molar-refractivity contribution < 1.29 is 4.79 Å². The maximum absolute atomic E-state index is 12.7. The van der Waals surface area contributed by atoms with E-state index in [-0.39, 0.29) is 11.0 Å². The van der Waals surface area contributed by atoms with Gasteiger partial charge in [0.25, 0.3) is 5.91 Å². The Hall–Kier alpha value is -2.63. The molecule has 1 amide bonds. The number of fused-ring (bicyclic) bond motifs is 1. The van der Waals surface area contributed by atoms with Crippen molar-refractivity contribution in [3.63, 3.8) is 0 Å². The summed E-state index contributed by atoms with van der Waals surface area (Å²) >= 11 is 11.6. The summed E-state index contributed by atoms with van der Waals surface area (Å²) in [7, 11) is 0. The minimum absolute atomic E-state index is 0.262. The molecule has 0 unspecified atom stereocenters. The van der Waals surface area contributed by atoms with Gasteiger partial charge in [0.15, 0.2) is 5.11 Å². The summed E-state index contributed by atoms with van der Waals surface area (Å²) < 4.78 is 0. The largest absolute Gasteiger partial charge is 0.372 e. The van der Waals surface area contributed by atoms with Crippen LogP contribution in [0.1, 0.15) is 23.2 Å². The molecule has 142 valence electrons. The van der Waals surface area contributed by atoms with Crippen LogP contribution in [0, 0.1) is 0 Å². The Morgan fingerprint density at radius 2 is 1.61 bits per heavy atom. The van der Waals surface area contributed by atoms with Gasteiger partial charge < -0.3 is 10.2 Å². The molecule has 0 aliphatic carbocycles. The normalized spacial score (nSPS) is 13.5. The van der Waals surface area contributed by atoms with Crippen LogP contribution in [0.25, 0.3) is 10.8 Å². The highest BCUT2D eigenvalue weighted by molar-refractivity contribution is 7.80. The van der Waals surface area contributed by atoms with Gasteiger partial charge in [0.1, 0.15) is 0 Å². The predicted octanol–water partition coefficient (Wildman–Crippen LogP) is 5.22. The van der Waals surface area contributed by atoms with Crippen LogP contribution in [0.5, 0.6) is 0 Å². The second-order valence-corrected chi connectivity index (χ2v) is 7.61. The number of carbonyl (C=O) groups is 1. The summed E-state index contributed by atoms with van der Waals surface area (Å²) in [6.45, 7) is 2.21. The molecule has 0 atom stereocenters. The molecule has 1 aliphatic heterocycles. The zero-order valence-electron chi connectivity index (χ0n) is 15.2. The van der Waals surface area contributed by atoms with Crippen LogP contribution in [0.2, 0.25) is 5.02 Å². The quantitative estimate of drug-likeness (QED) is 0.582. The lowest BCUT2D eigenvalue weighted by atomic mass is 10.0. The number of anilines is 2. The summed E-state index contributed by atoms with van der Waals surface area (Å²) in [5.41, 5.74) is 2.59. The smallest absolute Gasteiger partial charge is 0.258 e. The summed E-state index contributed by atoms with van der Waals surface area (Å²) in [4.78, 5) is 15.1. The molecule has 28 heavy (non-hydrogen) atoms. The lowest BCUT2D eigenvalue weighted by Gasteiger charge is -2.18. The first-order valence-corrected chi connectivity index (χ1v) is 10.0. The van der Waals surface area contributed by atoms with Crippen molar-refractivity contribution in [2.24, 2.45) is 0 Å². The summed E-state index contributed by atoms with van der Waals surface area (Å²) in [6.07, 6.45) is 2.49. The van der Waals surface area contributed by atoms with E-state index in [1.807, 2.05) is 42.5 Å². The highest BCUT2D eigenvalue weighted by Crippen LogP contribution is 2.26. The van der Waals surface area contributed by atoms with Crippen LogP contribution in [0.3, 0.4) is 0 Å². The Bertz CT molecular complexity index is 1030. The number of nitrogens with one attached hydrogen (secondary N) is 2. The van der Waals surface area contributed by atoms with E-state index in [1.54, 1.807) is 6.07 Å². The fraction of sp³-hybridized carbons (Fsp3) is 0.182. The average molecular weight is 410 g/mol. The van der Waals surface area contributed by atoms with Crippen LogP contribution in [-0.4, -0.2) is 24.1 Å². The minimum Gasteiger partial charge on any atom is -0.372 e. The molecule has 0 radical (unpaired) electrons. The van der Waals surface area contributed by atoms with E-state index in [0.29, 0.717) is 10.6 Å².